The van der Waals surface area contributed by atoms with Gasteiger partial charge in [-0.25, -0.2) is 12.1 Å². The molecular weight excluding hydrogens is 454 g/mol. The van der Waals surface area contributed by atoms with Crippen molar-refractivity contribution >= 4 is 21.7 Å². The third-order valence-electron chi connectivity index (χ3n) is 4.15. The number of benzene rings is 2. The molecule has 0 fully saturated rings. The molecule has 5 rings (SSSR count). The number of fused-ring (bicyclic) bond motifs is 2. The van der Waals surface area contributed by atoms with Gasteiger partial charge in [0.1, 0.15) is 0 Å². The Morgan fingerprint density at radius 1 is 0.852 bits per heavy atom. The van der Waals surface area contributed by atoms with E-state index >= 15 is 0 Å². The van der Waals surface area contributed by atoms with Crippen LogP contribution in [0, 0.1) is 6.92 Å². The smallest absolute Gasteiger partial charge is 1.00 e. The molecule has 0 spiro atoms. The fourth-order valence-electron chi connectivity index (χ4n) is 2.90. The van der Waals surface area contributed by atoms with Gasteiger partial charge in [-0.15, -0.1) is 41.1 Å². The fraction of sp³-hybridized carbons (Fsp3) is 0.0455. The first-order valence-corrected chi connectivity index (χ1v) is 8.08. The van der Waals surface area contributed by atoms with Crippen LogP contribution in [0.2, 0.25) is 0 Å². The van der Waals surface area contributed by atoms with Gasteiger partial charge in [0.15, 0.2) is 0 Å². The topological polar surface area (TPSA) is 17.8 Å². The summed E-state index contributed by atoms with van der Waals surface area (Å²) in [5.74, 6) is 0. The van der Waals surface area contributed by atoms with E-state index in [1.165, 1.54) is 21.7 Å². The first kappa shape index (κ1) is 23.4. The molecule has 1 aromatic heterocycles. The van der Waals surface area contributed by atoms with E-state index in [0.29, 0.717) is 0 Å². The molecule has 2 nitrogen and oxygen atoms in total. The molecular formula is C22H18Cl2N2Zr. The molecule has 0 N–H and O–H groups in total. The molecule has 0 aliphatic rings. The van der Waals surface area contributed by atoms with Crippen molar-refractivity contribution in [2.24, 2.45) is 0 Å². The molecule has 5 heteroatoms. The normalized spacial score (nSPS) is 9.52. The van der Waals surface area contributed by atoms with Gasteiger partial charge in [-0.3, -0.25) is 4.68 Å². The van der Waals surface area contributed by atoms with Crippen molar-refractivity contribution in [1.29, 1.82) is 0 Å². The predicted molar refractivity (Wildman–Crippen MR) is 101 cm³/mol. The van der Waals surface area contributed by atoms with Gasteiger partial charge in [0.05, 0.1) is 11.7 Å². The van der Waals surface area contributed by atoms with Gasteiger partial charge in [0.2, 0.25) is 0 Å². The fourth-order valence-corrected chi connectivity index (χ4v) is 2.90. The van der Waals surface area contributed by atoms with Gasteiger partial charge >= 0.3 is 26.2 Å². The number of hydrogen-bond acceptors (Lipinski definition) is 1. The zero-order valence-corrected chi connectivity index (χ0v) is 18.8. The summed E-state index contributed by atoms with van der Waals surface area (Å²) in [4.78, 5) is 0. The molecule has 27 heavy (non-hydrogen) atoms. The number of nitrogens with zero attached hydrogens (tertiary/aromatic N) is 2. The van der Waals surface area contributed by atoms with Crippen molar-refractivity contribution in [3.63, 3.8) is 0 Å². The minimum Gasteiger partial charge on any atom is -1.00 e. The number of halogens is 2. The van der Waals surface area contributed by atoms with Crippen LogP contribution in [0.4, 0.5) is 0 Å². The van der Waals surface area contributed by atoms with Gasteiger partial charge in [-0.2, -0.15) is 22.8 Å². The minimum absolute atomic E-state index is 0. The maximum absolute atomic E-state index is 4.48. The van der Waals surface area contributed by atoms with Crippen LogP contribution >= 0.6 is 0 Å². The van der Waals surface area contributed by atoms with Crippen LogP contribution < -0.4 is 24.8 Å². The summed E-state index contributed by atoms with van der Waals surface area (Å²) in [5, 5.41) is 8.16. The molecule has 0 saturated heterocycles. The third-order valence-corrected chi connectivity index (χ3v) is 4.15. The van der Waals surface area contributed by atoms with E-state index in [9.17, 15) is 0 Å². The molecule has 0 atom stereocenters. The second-order valence-electron chi connectivity index (χ2n) is 5.92. The van der Waals surface area contributed by atoms with E-state index < -0.39 is 0 Å². The summed E-state index contributed by atoms with van der Waals surface area (Å²) < 4.78 is 2.00. The van der Waals surface area contributed by atoms with Crippen molar-refractivity contribution < 1.29 is 51.0 Å². The first-order valence-electron chi connectivity index (χ1n) is 8.08. The standard InChI is InChI=1S/C16H11N2.C6H7.2ClH.Zr/c1-2-6-13-10-15(9-12(13)5-1)18-16-8-4-3-7-14(16)11-17-18;1-6-4-2-3-5-6;;;/h1-11H;2-5H,1H3;2*1H;/q2*-1;;;+4/p-2. The Labute approximate surface area is 190 Å². The SMILES string of the molecule is C[c-]1cccc1.[Cl-].[Cl-].[Zr+4].c1ccc2[cH-]c(-n3ncc4ccccc43)cc2c1. The molecule has 1 heterocycles. The summed E-state index contributed by atoms with van der Waals surface area (Å²) in [7, 11) is 0. The number of aromatic nitrogens is 2. The summed E-state index contributed by atoms with van der Waals surface area (Å²) in [5.41, 5.74) is 3.61. The van der Waals surface area contributed by atoms with E-state index in [4.69, 9.17) is 0 Å². The maximum atomic E-state index is 4.48. The van der Waals surface area contributed by atoms with Crippen LogP contribution in [-0.4, -0.2) is 9.78 Å². The van der Waals surface area contributed by atoms with E-state index in [1.807, 2.05) is 35.1 Å². The second kappa shape index (κ2) is 10.6. The van der Waals surface area contributed by atoms with Crippen molar-refractivity contribution in [3.05, 3.63) is 96.7 Å². The number of para-hydroxylation sites is 1. The minimum atomic E-state index is 0. The van der Waals surface area contributed by atoms with Crippen LogP contribution in [0.5, 0.6) is 0 Å². The molecule has 0 radical (unpaired) electrons. The molecule has 0 unspecified atom stereocenters. The second-order valence-corrected chi connectivity index (χ2v) is 5.92. The molecule has 4 aromatic carbocycles. The Morgan fingerprint density at radius 3 is 2.11 bits per heavy atom. The monoisotopic (exact) mass is 470 g/mol. The van der Waals surface area contributed by atoms with Crippen LogP contribution in [0.15, 0.2) is 91.1 Å². The van der Waals surface area contributed by atoms with E-state index in [-0.39, 0.29) is 51.0 Å². The Hall–Kier alpha value is -1.67. The molecule has 0 saturated carbocycles. The summed E-state index contributed by atoms with van der Waals surface area (Å²) >= 11 is 0. The Morgan fingerprint density at radius 2 is 1.48 bits per heavy atom. The number of rotatable bonds is 1. The molecule has 134 valence electrons. The third kappa shape index (κ3) is 5.20. The summed E-state index contributed by atoms with van der Waals surface area (Å²) in [6.07, 6.45) is 1.91. The number of aryl methyl sites for hydroxylation is 1. The van der Waals surface area contributed by atoms with E-state index in [2.05, 4.69) is 72.7 Å². The van der Waals surface area contributed by atoms with Gasteiger partial charge < -0.3 is 24.8 Å². The Bertz CT molecular complexity index is 1050. The van der Waals surface area contributed by atoms with Gasteiger partial charge in [-0.1, -0.05) is 31.2 Å². The van der Waals surface area contributed by atoms with Crippen LogP contribution in [-0.2, 0) is 26.2 Å². The quantitative estimate of drug-likeness (QED) is 0.304. The summed E-state index contributed by atoms with van der Waals surface area (Å²) in [6, 6.07) is 29.2. The molecule has 0 bridgehead atoms. The predicted octanol–water partition coefficient (Wildman–Crippen LogP) is -0.383. The van der Waals surface area contributed by atoms with Gasteiger partial charge in [0.25, 0.3) is 0 Å². The van der Waals surface area contributed by atoms with Crippen LogP contribution in [0.3, 0.4) is 0 Å². The zero-order valence-electron chi connectivity index (χ0n) is 14.8. The van der Waals surface area contributed by atoms with Gasteiger partial charge in [0, 0.05) is 5.39 Å². The summed E-state index contributed by atoms with van der Waals surface area (Å²) in [6.45, 7) is 2.08. The average molecular weight is 473 g/mol. The van der Waals surface area contributed by atoms with Crippen molar-refractivity contribution in [2.45, 2.75) is 6.92 Å². The van der Waals surface area contributed by atoms with Crippen molar-refractivity contribution in [2.75, 3.05) is 0 Å². The molecule has 0 aliphatic carbocycles. The van der Waals surface area contributed by atoms with Crippen LogP contribution in [0.1, 0.15) is 5.56 Å². The number of hydrogen-bond donors (Lipinski definition) is 0. The molecule has 0 aliphatic heterocycles. The maximum Gasteiger partial charge on any atom is 4.00 e. The van der Waals surface area contributed by atoms with Crippen LogP contribution in [0.25, 0.3) is 27.4 Å². The Balaban J connectivity index is 0.000000354. The first-order chi connectivity index (χ1) is 11.8. The Kier molecular flexibility index (Phi) is 9.19. The van der Waals surface area contributed by atoms with E-state index in [1.54, 1.807) is 0 Å². The van der Waals surface area contributed by atoms with Crippen molar-refractivity contribution in [1.82, 2.24) is 9.78 Å². The largest absolute Gasteiger partial charge is 4.00 e. The average Bonchev–Trinajstić information content (AvgIpc) is 3.33. The van der Waals surface area contributed by atoms with Crippen molar-refractivity contribution in [3.8, 4) is 5.69 Å². The molecule has 0 amide bonds. The van der Waals surface area contributed by atoms with Gasteiger partial charge in [-0.05, 0) is 11.8 Å². The molecule has 5 aromatic rings. The zero-order chi connectivity index (χ0) is 16.4. The van der Waals surface area contributed by atoms with E-state index in [0.717, 1.165) is 11.2 Å².